The predicted octanol–water partition coefficient (Wildman–Crippen LogP) is 2.46. The molecule has 2 heterocycles. The first-order valence-corrected chi connectivity index (χ1v) is 7.73. The maximum atomic E-state index is 11.3. The zero-order chi connectivity index (χ0) is 12.4. The van der Waals surface area contributed by atoms with E-state index in [9.17, 15) is 4.21 Å². The topological polar surface area (TPSA) is 42.2 Å². The Morgan fingerprint density at radius 2 is 2.06 bits per heavy atom. The smallest absolute Gasteiger partial charge is 0.105 e. The normalized spacial score (nSPS) is 27.0. The monoisotopic (exact) mass is 255 g/mol. The minimum Gasteiger partial charge on any atom is -0.466 e. The molecule has 1 atom stereocenters. The molecule has 0 saturated carbocycles. The number of hydrogen-bond acceptors (Lipinski definition) is 3. The maximum Gasteiger partial charge on any atom is 0.105 e. The fourth-order valence-corrected chi connectivity index (χ4v) is 3.78. The average Bonchev–Trinajstić information content (AvgIpc) is 2.61. The quantitative estimate of drug-likeness (QED) is 0.902. The first kappa shape index (κ1) is 12.8. The highest BCUT2D eigenvalue weighted by atomic mass is 32.2. The molecule has 96 valence electrons. The molecule has 2 rings (SSSR count). The third-order valence-electron chi connectivity index (χ3n) is 3.42. The number of aryl methyl sites for hydroxylation is 2. The molecule has 0 radical (unpaired) electrons. The van der Waals surface area contributed by atoms with Crippen LogP contribution in [-0.4, -0.2) is 21.8 Å². The van der Waals surface area contributed by atoms with Crippen molar-refractivity contribution in [2.45, 2.75) is 45.7 Å². The van der Waals surface area contributed by atoms with Crippen molar-refractivity contribution in [2.75, 3.05) is 11.5 Å². The van der Waals surface area contributed by atoms with Gasteiger partial charge in [-0.2, -0.15) is 0 Å². The zero-order valence-electron chi connectivity index (χ0n) is 10.8. The molecule has 1 aromatic heterocycles. The summed E-state index contributed by atoms with van der Waals surface area (Å²) in [5, 5.41) is 3.62. The summed E-state index contributed by atoms with van der Waals surface area (Å²) in [5.41, 5.74) is 1.24. The fourth-order valence-electron chi connectivity index (χ4n) is 2.48. The van der Waals surface area contributed by atoms with Crippen molar-refractivity contribution in [1.29, 1.82) is 0 Å². The summed E-state index contributed by atoms with van der Waals surface area (Å²) >= 11 is 0. The molecule has 1 aliphatic rings. The van der Waals surface area contributed by atoms with E-state index >= 15 is 0 Å². The minimum absolute atomic E-state index is 0.309. The fraction of sp³-hybridized carbons (Fsp3) is 0.692. The van der Waals surface area contributed by atoms with E-state index in [0.29, 0.717) is 12.1 Å². The van der Waals surface area contributed by atoms with Crippen molar-refractivity contribution >= 4 is 10.8 Å². The van der Waals surface area contributed by atoms with Gasteiger partial charge in [-0.1, -0.05) is 0 Å². The van der Waals surface area contributed by atoms with Crippen molar-refractivity contribution in [3.63, 3.8) is 0 Å². The van der Waals surface area contributed by atoms with Crippen LogP contribution in [0.2, 0.25) is 0 Å². The van der Waals surface area contributed by atoms with Crippen LogP contribution < -0.4 is 5.32 Å². The van der Waals surface area contributed by atoms with Crippen molar-refractivity contribution in [1.82, 2.24) is 5.32 Å². The summed E-state index contributed by atoms with van der Waals surface area (Å²) in [7, 11) is -0.579. The van der Waals surface area contributed by atoms with Crippen LogP contribution in [0.25, 0.3) is 0 Å². The lowest BCUT2D eigenvalue weighted by atomic mass is 10.1. The van der Waals surface area contributed by atoms with Crippen LogP contribution in [0.5, 0.6) is 0 Å². The Bertz CT molecular complexity index is 404. The van der Waals surface area contributed by atoms with Crippen molar-refractivity contribution in [3.05, 3.63) is 23.2 Å². The maximum absolute atomic E-state index is 11.3. The number of rotatable bonds is 3. The Kier molecular flexibility index (Phi) is 4.05. The number of nitrogens with one attached hydrogen (secondary N) is 1. The minimum atomic E-state index is -0.579. The highest BCUT2D eigenvalue weighted by Crippen LogP contribution is 2.23. The Morgan fingerprint density at radius 1 is 1.41 bits per heavy atom. The third-order valence-corrected chi connectivity index (χ3v) is 4.80. The molecule has 1 aromatic rings. The molecule has 17 heavy (non-hydrogen) atoms. The number of furan rings is 1. The molecule has 0 aliphatic carbocycles. The van der Waals surface area contributed by atoms with Gasteiger partial charge in [0.25, 0.3) is 0 Å². The second-order valence-electron chi connectivity index (χ2n) is 4.88. The Morgan fingerprint density at radius 3 is 2.59 bits per heavy atom. The highest BCUT2D eigenvalue weighted by Gasteiger charge is 2.21. The molecule has 0 aromatic carbocycles. The van der Waals surface area contributed by atoms with Crippen LogP contribution in [0.3, 0.4) is 0 Å². The van der Waals surface area contributed by atoms with E-state index in [1.54, 1.807) is 0 Å². The van der Waals surface area contributed by atoms with Crippen LogP contribution in [0.1, 0.15) is 42.9 Å². The zero-order valence-corrected chi connectivity index (χ0v) is 11.6. The first-order chi connectivity index (χ1) is 8.06. The van der Waals surface area contributed by atoms with E-state index in [2.05, 4.69) is 18.3 Å². The van der Waals surface area contributed by atoms with Gasteiger partial charge in [-0.25, -0.2) is 0 Å². The number of hydrogen-bond donors (Lipinski definition) is 1. The summed E-state index contributed by atoms with van der Waals surface area (Å²) in [6.07, 6.45) is 2.04. The predicted molar refractivity (Wildman–Crippen MR) is 70.6 cm³/mol. The molecular formula is C13H21NO2S. The van der Waals surface area contributed by atoms with Gasteiger partial charge in [0.1, 0.15) is 11.5 Å². The standard InChI is InChI=1S/C13H21NO2S/c1-9-8-13(11(3)16-9)10(2)14-12-4-6-17(15)7-5-12/h8,10,12,14H,4-7H2,1-3H3. The van der Waals surface area contributed by atoms with Crippen molar-refractivity contribution < 1.29 is 8.63 Å². The third kappa shape index (κ3) is 3.19. The van der Waals surface area contributed by atoms with Crippen LogP contribution in [-0.2, 0) is 10.8 Å². The second kappa shape index (κ2) is 5.36. The van der Waals surface area contributed by atoms with Crippen LogP contribution in [0.4, 0.5) is 0 Å². The average molecular weight is 255 g/mol. The lowest BCUT2D eigenvalue weighted by molar-refractivity contribution is 0.420. The van der Waals surface area contributed by atoms with Gasteiger partial charge in [-0.05, 0) is 39.7 Å². The van der Waals surface area contributed by atoms with E-state index in [1.165, 1.54) is 5.56 Å². The van der Waals surface area contributed by atoms with Gasteiger partial charge >= 0.3 is 0 Å². The van der Waals surface area contributed by atoms with E-state index in [4.69, 9.17) is 4.42 Å². The molecule has 3 nitrogen and oxygen atoms in total. The van der Waals surface area contributed by atoms with Crippen LogP contribution >= 0.6 is 0 Å². The van der Waals surface area contributed by atoms with Crippen LogP contribution in [0.15, 0.2) is 10.5 Å². The summed E-state index contributed by atoms with van der Waals surface area (Å²) in [5.74, 6) is 3.65. The van der Waals surface area contributed by atoms with Gasteiger partial charge in [0.15, 0.2) is 0 Å². The lowest BCUT2D eigenvalue weighted by Crippen LogP contribution is -2.37. The molecule has 1 aliphatic heterocycles. The second-order valence-corrected chi connectivity index (χ2v) is 6.58. The molecule has 1 unspecified atom stereocenters. The lowest BCUT2D eigenvalue weighted by Gasteiger charge is -2.26. The Labute approximate surface area is 105 Å². The van der Waals surface area contributed by atoms with Gasteiger partial charge in [-0.3, -0.25) is 4.21 Å². The largest absolute Gasteiger partial charge is 0.466 e. The summed E-state index contributed by atoms with van der Waals surface area (Å²) in [4.78, 5) is 0. The van der Waals surface area contributed by atoms with Gasteiger partial charge in [-0.15, -0.1) is 0 Å². The molecule has 1 N–H and O–H groups in total. The van der Waals surface area contributed by atoms with Crippen molar-refractivity contribution in [3.8, 4) is 0 Å². The Hall–Kier alpha value is -0.610. The van der Waals surface area contributed by atoms with E-state index < -0.39 is 10.8 Å². The SMILES string of the molecule is Cc1cc(C(C)NC2CCS(=O)CC2)c(C)o1. The van der Waals surface area contributed by atoms with Crippen LogP contribution in [0, 0.1) is 13.8 Å². The molecule has 4 heteroatoms. The van der Waals surface area contributed by atoms with Crippen molar-refractivity contribution in [2.24, 2.45) is 0 Å². The molecule has 1 saturated heterocycles. The molecule has 0 spiro atoms. The van der Waals surface area contributed by atoms with Gasteiger partial charge < -0.3 is 9.73 Å². The van der Waals surface area contributed by atoms with E-state index in [1.807, 2.05) is 13.8 Å². The summed E-state index contributed by atoms with van der Waals surface area (Å²) in [6, 6.07) is 2.91. The Balaban J connectivity index is 1.95. The summed E-state index contributed by atoms with van der Waals surface area (Å²) in [6.45, 7) is 6.16. The molecular weight excluding hydrogens is 234 g/mol. The first-order valence-electron chi connectivity index (χ1n) is 6.24. The van der Waals surface area contributed by atoms with E-state index in [0.717, 1.165) is 35.9 Å². The molecule has 0 bridgehead atoms. The van der Waals surface area contributed by atoms with Gasteiger partial charge in [0.05, 0.1) is 0 Å². The van der Waals surface area contributed by atoms with Gasteiger partial charge in [0, 0.05) is 40.0 Å². The van der Waals surface area contributed by atoms with E-state index in [-0.39, 0.29) is 0 Å². The molecule has 0 amide bonds. The van der Waals surface area contributed by atoms with Gasteiger partial charge in [0.2, 0.25) is 0 Å². The molecule has 1 fully saturated rings. The summed E-state index contributed by atoms with van der Waals surface area (Å²) < 4.78 is 16.8. The highest BCUT2D eigenvalue weighted by molar-refractivity contribution is 7.85.